The van der Waals surface area contributed by atoms with Gasteiger partial charge in [-0.15, -0.1) is 0 Å². The van der Waals surface area contributed by atoms with Gasteiger partial charge in [0.1, 0.15) is 5.70 Å². The van der Waals surface area contributed by atoms with Gasteiger partial charge in [0.2, 0.25) is 0 Å². The van der Waals surface area contributed by atoms with Gasteiger partial charge in [-0.25, -0.2) is 9.59 Å². The summed E-state index contributed by atoms with van der Waals surface area (Å²) in [6.07, 6.45) is 1.11. The summed E-state index contributed by atoms with van der Waals surface area (Å²) in [4.78, 5) is 30.7. The standard InChI is InChI=1S/C7H9NO3.C4H6O2/c1-4(2)6(9)8-5(3)7(10)11;1-3-4(5)6-2/h1,3H2,2H3,(H,8,9)(H,10,11);3H,1H2,2H3. The van der Waals surface area contributed by atoms with E-state index in [2.05, 4.69) is 24.5 Å². The second-order valence-corrected chi connectivity index (χ2v) is 2.75. The van der Waals surface area contributed by atoms with Crippen molar-refractivity contribution < 1.29 is 24.2 Å². The average molecular weight is 241 g/mol. The summed E-state index contributed by atoms with van der Waals surface area (Å²) in [5, 5.41) is 10.3. The number of esters is 1. The van der Waals surface area contributed by atoms with Crippen molar-refractivity contribution in [1.29, 1.82) is 0 Å². The predicted octanol–water partition coefficient (Wildman–Crippen LogP) is 0.622. The highest BCUT2D eigenvalue weighted by Gasteiger charge is 2.07. The first kappa shape index (κ1) is 17.0. The molecule has 0 radical (unpaired) electrons. The second kappa shape index (κ2) is 8.90. The van der Waals surface area contributed by atoms with Gasteiger partial charge in [0.15, 0.2) is 0 Å². The Labute approximate surface area is 99.3 Å². The van der Waals surface area contributed by atoms with E-state index in [0.29, 0.717) is 0 Å². The number of carboxylic acid groups (broad SMARTS) is 1. The Bertz CT molecular complexity index is 333. The van der Waals surface area contributed by atoms with E-state index in [0.717, 1.165) is 6.08 Å². The molecule has 1 amide bonds. The van der Waals surface area contributed by atoms with E-state index >= 15 is 0 Å². The first-order valence-corrected chi connectivity index (χ1v) is 4.35. The first-order chi connectivity index (χ1) is 7.76. The maximum absolute atomic E-state index is 10.7. The number of carboxylic acids is 1. The molecule has 17 heavy (non-hydrogen) atoms. The van der Waals surface area contributed by atoms with E-state index in [9.17, 15) is 14.4 Å². The molecule has 0 aliphatic heterocycles. The summed E-state index contributed by atoms with van der Waals surface area (Å²) >= 11 is 0. The fourth-order valence-corrected chi connectivity index (χ4v) is 0.381. The Kier molecular flexibility index (Phi) is 8.92. The summed E-state index contributed by atoms with van der Waals surface area (Å²) < 4.78 is 4.14. The monoisotopic (exact) mass is 241 g/mol. The van der Waals surface area contributed by atoms with E-state index < -0.39 is 17.8 Å². The lowest BCUT2D eigenvalue weighted by Gasteiger charge is -2.01. The van der Waals surface area contributed by atoms with Crippen molar-refractivity contribution in [1.82, 2.24) is 5.32 Å². The smallest absolute Gasteiger partial charge is 0.351 e. The molecule has 2 N–H and O–H groups in total. The van der Waals surface area contributed by atoms with Crippen LogP contribution in [0.25, 0.3) is 0 Å². The molecule has 0 bridgehead atoms. The number of nitrogens with one attached hydrogen (secondary N) is 1. The van der Waals surface area contributed by atoms with Crippen LogP contribution in [0.15, 0.2) is 37.1 Å². The summed E-state index contributed by atoms with van der Waals surface area (Å²) in [5.74, 6) is -2.17. The summed E-state index contributed by atoms with van der Waals surface area (Å²) in [6.45, 7) is 11.1. The quantitative estimate of drug-likeness (QED) is 0.556. The zero-order chi connectivity index (χ0) is 14.0. The molecule has 0 aromatic rings. The predicted molar refractivity (Wildman–Crippen MR) is 61.9 cm³/mol. The van der Waals surface area contributed by atoms with E-state index in [1.165, 1.54) is 14.0 Å². The highest BCUT2D eigenvalue weighted by atomic mass is 16.5. The number of methoxy groups -OCH3 is 1. The van der Waals surface area contributed by atoms with Gasteiger partial charge in [0.05, 0.1) is 7.11 Å². The number of carbonyl (C=O) groups is 3. The van der Waals surface area contributed by atoms with Crippen LogP contribution in [0.3, 0.4) is 0 Å². The molecule has 0 heterocycles. The SMILES string of the molecule is C=C(C)C(=O)NC(=C)C(=O)O.C=CC(=O)OC. The maximum Gasteiger partial charge on any atom is 0.351 e. The van der Waals surface area contributed by atoms with Crippen LogP contribution in [-0.4, -0.2) is 30.1 Å². The Hall–Kier alpha value is -2.37. The Morgan fingerprint density at radius 2 is 1.76 bits per heavy atom. The lowest BCUT2D eigenvalue weighted by molar-refractivity contribution is -0.135. The maximum atomic E-state index is 10.7. The van der Waals surface area contributed by atoms with Crippen molar-refractivity contribution >= 4 is 17.8 Å². The summed E-state index contributed by atoms with van der Waals surface area (Å²) in [6, 6.07) is 0. The van der Waals surface area contributed by atoms with Crippen molar-refractivity contribution in [3.05, 3.63) is 37.1 Å². The topological polar surface area (TPSA) is 92.7 Å². The Balaban J connectivity index is 0. The normalized spacial score (nSPS) is 7.88. The molecule has 0 fully saturated rings. The summed E-state index contributed by atoms with van der Waals surface area (Å²) in [5.41, 5.74) is -0.106. The van der Waals surface area contributed by atoms with Gasteiger partial charge >= 0.3 is 11.9 Å². The molecule has 0 atom stereocenters. The minimum atomic E-state index is -1.25. The van der Waals surface area contributed by atoms with Gasteiger partial charge in [-0.2, -0.15) is 0 Å². The number of hydrogen-bond acceptors (Lipinski definition) is 4. The van der Waals surface area contributed by atoms with Crippen LogP contribution in [0.1, 0.15) is 6.92 Å². The lowest BCUT2D eigenvalue weighted by atomic mass is 10.3. The van der Waals surface area contributed by atoms with Crippen LogP contribution in [0.4, 0.5) is 0 Å². The molecule has 0 aromatic heterocycles. The molecule has 0 aromatic carbocycles. The molecule has 0 aliphatic carbocycles. The van der Waals surface area contributed by atoms with Gasteiger partial charge in [0, 0.05) is 11.6 Å². The van der Waals surface area contributed by atoms with Gasteiger partial charge < -0.3 is 15.2 Å². The molecule has 0 saturated heterocycles. The van der Waals surface area contributed by atoms with Gasteiger partial charge in [-0.1, -0.05) is 19.7 Å². The highest BCUT2D eigenvalue weighted by Crippen LogP contribution is 1.90. The van der Waals surface area contributed by atoms with Crippen molar-refractivity contribution in [3.63, 3.8) is 0 Å². The second-order valence-electron chi connectivity index (χ2n) is 2.75. The molecule has 0 saturated carbocycles. The third kappa shape index (κ3) is 9.92. The minimum absolute atomic E-state index is 0.243. The number of carbonyl (C=O) groups excluding carboxylic acids is 2. The highest BCUT2D eigenvalue weighted by molar-refractivity contribution is 5.98. The number of ether oxygens (including phenoxy) is 1. The number of aliphatic carboxylic acids is 1. The van der Waals surface area contributed by atoms with Crippen molar-refractivity contribution in [2.24, 2.45) is 0 Å². The lowest BCUT2D eigenvalue weighted by Crippen LogP contribution is -2.26. The van der Waals surface area contributed by atoms with Gasteiger partial charge in [-0.3, -0.25) is 4.79 Å². The Morgan fingerprint density at radius 3 is 1.94 bits per heavy atom. The van der Waals surface area contributed by atoms with Crippen LogP contribution in [-0.2, 0) is 19.1 Å². The van der Waals surface area contributed by atoms with E-state index in [-0.39, 0.29) is 11.3 Å². The van der Waals surface area contributed by atoms with Crippen LogP contribution in [0.2, 0.25) is 0 Å². The first-order valence-electron chi connectivity index (χ1n) is 4.35. The molecule has 0 rings (SSSR count). The molecule has 0 unspecified atom stereocenters. The number of amides is 1. The zero-order valence-corrected chi connectivity index (χ0v) is 9.78. The number of rotatable bonds is 4. The third-order valence-corrected chi connectivity index (χ3v) is 1.28. The van der Waals surface area contributed by atoms with E-state index in [1.807, 2.05) is 5.32 Å². The van der Waals surface area contributed by atoms with Crippen molar-refractivity contribution in [3.8, 4) is 0 Å². The molecular weight excluding hydrogens is 226 g/mol. The average Bonchev–Trinajstić information content (AvgIpc) is 2.28. The molecule has 6 heteroatoms. The zero-order valence-electron chi connectivity index (χ0n) is 9.78. The molecule has 0 aliphatic rings. The number of hydrogen-bond donors (Lipinski definition) is 2. The van der Waals surface area contributed by atoms with Crippen LogP contribution < -0.4 is 5.32 Å². The largest absolute Gasteiger partial charge is 0.477 e. The molecule has 94 valence electrons. The van der Waals surface area contributed by atoms with Crippen LogP contribution >= 0.6 is 0 Å². The van der Waals surface area contributed by atoms with E-state index in [4.69, 9.17) is 5.11 Å². The van der Waals surface area contributed by atoms with Crippen molar-refractivity contribution in [2.75, 3.05) is 7.11 Å². The van der Waals surface area contributed by atoms with Gasteiger partial charge in [0.25, 0.3) is 5.91 Å². The van der Waals surface area contributed by atoms with Crippen LogP contribution in [0.5, 0.6) is 0 Å². The molecule has 0 spiro atoms. The Morgan fingerprint density at radius 1 is 1.29 bits per heavy atom. The third-order valence-electron chi connectivity index (χ3n) is 1.28. The molecule has 6 nitrogen and oxygen atoms in total. The summed E-state index contributed by atoms with van der Waals surface area (Å²) in [7, 11) is 1.31. The van der Waals surface area contributed by atoms with Crippen molar-refractivity contribution in [2.45, 2.75) is 6.92 Å². The minimum Gasteiger partial charge on any atom is -0.477 e. The fraction of sp³-hybridized carbons (Fsp3) is 0.182. The fourth-order valence-electron chi connectivity index (χ4n) is 0.381. The van der Waals surface area contributed by atoms with Crippen LogP contribution in [0, 0.1) is 0 Å². The molecular formula is C11H15NO5. The van der Waals surface area contributed by atoms with E-state index in [1.54, 1.807) is 0 Å². The van der Waals surface area contributed by atoms with Gasteiger partial charge in [-0.05, 0) is 6.92 Å².